The van der Waals surface area contributed by atoms with Crippen LogP contribution in [0, 0.1) is 0 Å². The third-order valence-electron chi connectivity index (χ3n) is 2.47. The number of rotatable bonds is 2. The highest BCUT2D eigenvalue weighted by Crippen LogP contribution is 2.09. The minimum atomic E-state index is -0.625. The molecular weight excluding hydrogens is 212 g/mol. The highest BCUT2D eigenvalue weighted by atomic mass is 32.2. The Kier molecular flexibility index (Phi) is 3.33. The summed E-state index contributed by atoms with van der Waals surface area (Å²) >= 11 is 0. The molecule has 82 valence electrons. The summed E-state index contributed by atoms with van der Waals surface area (Å²) in [6, 6.07) is 3.46. The summed E-state index contributed by atoms with van der Waals surface area (Å²) in [5.41, 5.74) is 0.945. The first-order valence-corrected chi connectivity index (χ1v) is 6.44. The van der Waals surface area contributed by atoms with E-state index in [2.05, 4.69) is 9.88 Å². The number of pyridine rings is 1. The molecule has 2 rings (SSSR count). The maximum absolute atomic E-state index is 11.1. The molecule has 0 aliphatic carbocycles. The number of hydrogen-bond donors (Lipinski definition) is 1. The van der Waals surface area contributed by atoms with Gasteiger partial charge in [0.1, 0.15) is 5.75 Å². The molecular formula is C10H14N2O2S. The molecule has 0 amide bonds. The van der Waals surface area contributed by atoms with Gasteiger partial charge in [-0.1, -0.05) is 0 Å². The first-order chi connectivity index (χ1) is 7.24. The van der Waals surface area contributed by atoms with Gasteiger partial charge in [-0.25, -0.2) is 0 Å². The van der Waals surface area contributed by atoms with E-state index in [0.29, 0.717) is 0 Å². The largest absolute Gasteiger partial charge is 0.506 e. The van der Waals surface area contributed by atoms with Crippen molar-refractivity contribution in [3.63, 3.8) is 0 Å². The van der Waals surface area contributed by atoms with E-state index < -0.39 is 10.8 Å². The second kappa shape index (κ2) is 4.72. The molecule has 4 nitrogen and oxygen atoms in total. The molecule has 1 N–H and O–H groups in total. The standard InChI is InChI=1S/C10H14N2O2S/c13-10-2-1-9(11-7-10)8-12-3-5-15(14)6-4-12/h1-2,7,13H,3-6,8H2. The summed E-state index contributed by atoms with van der Waals surface area (Å²) in [4.78, 5) is 6.36. The third-order valence-corrected chi connectivity index (χ3v) is 3.74. The summed E-state index contributed by atoms with van der Waals surface area (Å²) in [5, 5.41) is 9.08. The van der Waals surface area contributed by atoms with Crippen LogP contribution >= 0.6 is 0 Å². The van der Waals surface area contributed by atoms with Crippen LogP contribution in [0.2, 0.25) is 0 Å². The molecule has 0 atom stereocenters. The van der Waals surface area contributed by atoms with E-state index in [1.165, 1.54) is 6.20 Å². The minimum absolute atomic E-state index is 0.193. The average molecular weight is 226 g/mol. The summed E-state index contributed by atoms with van der Waals surface area (Å²) in [6.07, 6.45) is 1.46. The van der Waals surface area contributed by atoms with Crippen molar-refractivity contribution in [2.45, 2.75) is 6.54 Å². The molecule has 1 aliphatic rings. The van der Waals surface area contributed by atoms with Crippen LogP contribution in [-0.2, 0) is 17.3 Å². The van der Waals surface area contributed by atoms with E-state index in [1.807, 2.05) is 6.07 Å². The zero-order chi connectivity index (χ0) is 10.7. The lowest BCUT2D eigenvalue weighted by molar-refractivity contribution is 0.288. The maximum atomic E-state index is 11.1. The zero-order valence-electron chi connectivity index (χ0n) is 8.43. The Morgan fingerprint density at radius 2 is 2.13 bits per heavy atom. The minimum Gasteiger partial charge on any atom is -0.506 e. The van der Waals surface area contributed by atoms with Crippen molar-refractivity contribution in [3.8, 4) is 5.75 Å². The number of aromatic nitrogens is 1. The maximum Gasteiger partial charge on any atom is 0.133 e. The van der Waals surface area contributed by atoms with Gasteiger partial charge < -0.3 is 5.11 Å². The SMILES string of the molecule is O=S1CCN(Cc2ccc(O)cn2)CC1. The Balaban J connectivity index is 1.91. The number of hydrogen-bond acceptors (Lipinski definition) is 4. The Bertz CT molecular complexity index is 343. The number of nitrogens with zero attached hydrogens (tertiary/aromatic N) is 2. The quantitative estimate of drug-likeness (QED) is 0.790. The Hall–Kier alpha value is -0.940. The van der Waals surface area contributed by atoms with Crippen molar-refractivity contribution in [2.75, 3.05) is 24.6 Å². The van der Waals surface area contributed by atoms with Crippen LogP contribution in [0.4, 0.5) is 0 Å². The van der Waals surface area contributed by atoms with E-state index in [0.717, 1.165) is 36.8 Å². The van der Waals surface area contributed by atoms with Crippen molar-refractivity contribution in [2.24, 2.45) is 0 Å². The molecule has 15 heavy (non-hydrogen) atoms. The predicted octanol–water partition coefficient (Wildman–Crippen LogP) is 0.351. The van der Waals surface area contributed by atoms with E-state index in [4.69, 9.17) is 5.11 Å². The lowest BCUT2D eigenvalue weighted by atomic mass is 10.3. The molecule has 0 unspecified atom stereocenters. The monoisotopic (exact) mass is 226 g/mol. The second-order valence-electron chi connectivity index (χ2n) is 3.63. The normalized spacial score (nSPS) is 19.2. The fourth-order valence-electron chi connectivity index (χ4n) is 1.57. The molecule has 1 saturated heterocycles. The van der Waals surface area contributed by atoms with Gasteiger partial charge in [0.2, 0.25) is 0 Å². The second-order valence-corrected chi connectivity index (χ2v) is 5.33. The molecule has 0 bridgehead atoms. The smallest absolute Gasteiger partial charge is 0.133 e. The topological polar surface area (TPSA) is 53.4 Å². The number of aromatic hydroxyl groups is 1. The van der Waals surface area contributed by atoms with Gasteiger partial charge in [0.25, 0.3) is 0 Å². The average Bonchev–Trinajstić information content (AvgIpc) is 2.25. The van der Waals surface area contributed by atoms with E-state index in [1.54, 1.807) is 6.07 Å². The first-order valence-electron chi connectivity index (χ1n) is 4.95. The van der Waals surface area contributed by atoms with Gasteiger partial charge in [0, 0.05) is 41.9 Å². The first kappa shape index (κ1) is 10.6. The molecule has 0 spiro atoms. The van der Waals surface area contributed by atoms with Crippen LogP contribution in [0.5, 0.6) is 5.75 Å². The molecule has 0 aromatic carbocycles. The van der Waals surface area contributed by atoms with Crippen molar-refractivity contribution < 1.29 is 9.32 Å². The van der Waals surface area contributed by atoms with Gasteiger partial charge in [0.05, 0.1) is 11.9 Å². The summed E-state index contributed by atoms with van der Waals surface area (Å²) in [7, 11) is -0.625. The van der Waals surface area contributed by atoms with Gasteiger partial charge in [-0.15, -0.1) is 0 Å². The van der Waals surface area contributed by atoms with Gasteiger partial charge in [-0.2, -0.15) is 0 Å². The summed E-state index contributed by atoms with van der Waals surface area (Å²) in [6.45, 7) is 2.52. The molecule has 5 heteroatoms. The highest BCUT2D eigenvalue weighted by Gasteiger charge is 2.15. The lowest BCUT2D eigenvalue weighted by Crippen LogP contribution is -2.37. The fraction of sp³-hybridized carbons (Fsp3) is 0.500. The van der Waals surface area contributed by atoms with Crippen molar-refractivity contribution in [1.82, 2.24) is 9.88 Å². The van der Waals surface area contributed by atoms with Gasteiger partial charge >= 0.3 is 0 Å². The fourth-order valence-corrected chi connectivity index (χ4v) is 2.70. The molecule has 0 radical (unpaired) electrons. The Morgan fingerprint density at radius 1 is 1.40 bits per heavy atom. The third kappa shape index (κ3) is 3.00. The Morgan fingerprint density at radius 3 is 2.73 bits per heavy atom. The van der Waals surface area contributed by atoms with Crippen molar-refractivity contribution in [1.29, 1.82) is 0 Å². The molecule has 1 aliphatic heterocycles. The summed E-state index contributed by atoms with van der Waals surface area (Å²) < 4.78 is 11.1. The lowest BCUT2D eigenvalue weighted by Gasteiger charge is -2.25. The van der Waals surface area contributed by atoms with Crippen LogP contribution in [0.15, 0.2) is 18.3 Å². The van der Waals surface area contributed by atoms with E-state index in [-0.39, 0.29) is 5.75 Å². The van der Waals surface area contributed by atoms with Crippen LogP contribution in [0.1, 0.15) is 5.69 Å². The predicted molar refractivity (Wildman–Crippen MR) is 59.1 cm³/mol. The highest BCUT2D eigenvalue weighted by molar-refractivity contribution is 7.85. The zero-order valence-corrected chi connectivity index (χ0v) is 9.24. The van der Waals surface area contributed by atoms with Crippen LogP contribution in [0.3, 0.4) is 0 Å². The van der Waals surface area contributed by atoms with Crippen LogP contribution in [0.25, 0.3) is 0 Å². The van der Waals surface area contributed by atoms with Crippen molar-refractivity contribution >= 4 is 10.8 Å². The summed E-state index contributed by atoms with van der Waals surface area (Å²) in [5.74, 6) is 1.72. The molecule has 2 heterocycles. The van der Waals surface area contributed by atoms with Crippen molar-refractivity contribution in [3.05, 3.63) is 24.0 Å². The van der Waals surface area contributed by atoms with Crippen LogP contribution in [-0.4, -0.2) is 43.8 Å². The van der Waals surface area contributed by atoms with E-state index in [9.17, 15) is 4.21 Å². The van der Waals surface area contributed by atoms with Gasteiger partial charge in [-0.05, 0) is 12.1 Å². The molecule has 1 fully saturated rings. The van der Waals surface area contributed by atoms with E-state index >= 15 is 0 Å². The van der Waals surface area contributed by atoms with Gasteiger partial charge in [-0.3, -0.25) is 14.1 Å². The van der Waals surface area contributed by atoms with Crippen LogP contribution < -0.4 is 0 Å². The van der Waals surface area contributed by atoms with Gasteiger partial charge in [0.15, 0.2) is 0 Å². The molecule has 0 saturated carbocycles. The molecule has 1 aromatic rings. The molecule has 1 aromatic heterocycles. The Labute approximate surface area is 91.4 Å².